The summed E-state index contributed by atoms with van der Waals surface area (Å²) in [7, 11) is -15.7. The maximum atomic E-state index is 11.5. The second-order valence-electron chi connectivity index (χ2n) is 6.59. The maximum absolute atomic E-state index is 11.5. The molecule has 3 aromatic rings. The van der Waals surface area contributed by atoms with Crippen molar-refractivity contribution in [1.82, 2.24) is 0 Å². The summed E-state index contributed by atoms with van der Waals surface area (Å²) in [5.74, 6) is 0. The van der Waals surface area contributed by atoms with E-state index >= 15 is 0 Å². The molecule has 3 aromatic carbocycles. The Bertz CT molecular complexity index is 1390. The van der Waals surface area contributed by atoms with Crippen LogP contribution in [0.15, 0.2) is 87.5 Å². The summed E-state index contributed by atoms with van der Waals surface area (Å²) in [5.41, 5.74) is 0.564. The molecule has 0 aromatic heterocycles. The Labute approximate surface area is 186 Å². The third-order valence-electron chi connectivity index (χ3n) is 4.39. The topological polar surface area (TPSA) is 172 Å². The summed E-state index contributed by atoms with van der Waals surface area (Å²) in [6.07, 6.45) is 0.180. The van der Waals surface area contributed by atoms with Crippen LogP contribution in [-0.4, -0.2) is 38.9 Å². The highest BCUT2D eigenvalue weighted by Crippen LogP contribution is 2.39. The van der Waals surface area contributed by atoms with E-state index in [2.05, 4.69) is 0 Å². The first-order chi connectivity index (χ1) is 14.7. The fourth-order valence-corrected chi connectivity index (χ4v) is 6.93. The van der Waals surface area contributed by atoms with Crippen molar-refractivity contribution in [3.05, 3.63) is 78.4 Å². The summed E-state index contributed by atoms with van der Waals surface area (Å²) in [6.45, 7) is 0. The molecule has 0 amide bonds. The van der Waals surface area contributed by atoms with Crippen LogP contribution in [0.1, 0.15) is 5.56 Å². The summed E-state index contributed by atoms with van der Waals surface area (Å²) in [6, 6.07) is 15.6. The molecular weight excluding hydrogens is 499 g/mol. The average Bonchev–Trinajstić information content (AvgIpc) is 2.71. The molecule has 0 aliphatic carbocycles. The minimum Gasteiger partial charge on any atom is -0.744 e. The molecule has 0 heterocycles. The molecule has 0 unspecified atom stereocenters. The fourth-order valence-electron chi connectivity index (χ4n) is 2.89. The monoisotopic (exact) mass is 513 g/mol. The summed E-state index contributed by atoms with van der Waals surface area (Å²) >= 11 is 0. The van der Waals surface area contributed by atoms with Crippen LogP contribution in [0.5, 0.6) is 0 Å². The largest absolute Gasteiger partial charge is 0.744 e. The van der Waals surface area contributed by atoms with E-state index in [1.54, 1.807) is 12.1 Å². The van der Waals surface area contributed by atoms with Crippen LogP contribution in [0.25, 0.3) is 0 Å². The fraction of sp³-hybridized carbons (Fsp3) is 0.0526. The van der Waals surface area contributed by atoms with Crippen LogP contribution in [0.3, 0.4) is 0 Å². The van der Waals surface area contributed by atoms with Crippen molar-refractivity contribution in [1.29, 1.82) is 0 Å². The number of hydrogen-bond acceptors (Lipinski definition) is 9. The molecule has 9 nitrogen and oxygen atoms in total. The van der Waals surface area contributed by atoms with Crippen molar-refractivity contribution in [2.75, 3.05) is 0 Å². The minimum absolute atomic E-state index is 0.180. The van der Waals surface area contributed by atoms with Crippen molar-refractivity contribution >= 4 is 48.9 Å². The molecule has 0 radical (unpaired) electrons. The van der Waals surface area contributed by atoms with Crippen LogP contribution >= 0.6 is 7.92 Å². The van der Waals surface area contributed by atoms with Crippen molar-refractivity contribution < 1.29 is 38.9 Å². The van der Waals surface area contributed by atoms with E-state index in [0.717, 1.165) is 24.3 Å². The van der Waals surface area contributed by atoms with E-state index in [4.69, 9.17) is 0 Å². The standard InChI is InChI=1S/C19H17O9PS3/c20-30(21,22)17-9-7-14(8-10-17)13-29(15-3-1-5-18(11-15)31(23,24)25)16-4-2-6-19(12-16)32(26,27)28/h1-12H,13H2,(H,20,21,22)(H,23,24,25)(H,26,27,28)/p-3. The lowest BCUT2D eigenvalue weighted by atomic mass is 10.2. The highest BCUT2D eigenvalue weighted by molar-refractivity contribution is 7.86. The number of hydrogen-bond donors (Lipinski definition) is 0. The van der Waals surface area contributed by atoms with Crippen molar-refractivity contribution in [3.8, 4) is 0 Å². The van der Waals surface area contributed by atoms with Crippen molar-refractivity contribution in [3.63, 3.8) is 0 Å². The summed E-state index contributed by atoms with van der Waals surface area (Å²) < 4.78 is 102. The van der Waals surface area contributed by atoms with Crippen LogP contribution in [0.2, 0.25) is 0 Å². The van der Waals surface area contributed by atoms with Crippen molar-refractivity contribution in [2.45, 2.75) is 20.8 Å². The highest BCUT2D eigenvalue weighted by atomic mass is 32.2. The second kappa shape index (κ2) is 8.99. The molecule has 0 aliphatic rings. The van der Waals surface area contributed by atoms with Gasteiger partial charge in [-0.15, -0.1) is 0 Å². The maximum Gasteiger partial charge on any atom is 0.124 e. The van der Waals surface area contributed by atoms with Gasteiger partial charge in [-0.25, -0.2) is 25.3 Å². The van der Waals surface area contributed by atoms with Gasteiger partial charge >= 0.3 is 0 Å². The second-order valence-corrected chi connectivity index (χ2v) is 12.9. The summed E-state index contributed by atoms with van der Waals surface area (Å²) in [4.78, 5) is -1.37. The minimum atomic E-state index is -4.75. The Kier molecular flexibility index (Phi) is 6.87. The van der Waals surface area contributed by atoms with E-state index in [0.29, 0.717) is 16.2 Å². The smallest absolute Gasteiger partial charge is 0.124 e. The molecule has 0 aliphatic heterocycles. The third-order valence-corrected chi connectivity index (χ3v) is 9.39. The SMILES string of the molecule is O=S(=O)([O-])c1ccc(CP(c2cccc(S(=O)(=O)[O-])c2)c2cccc(S(=O)(=O)[O-])c2)cc1. The first-order valence-corrected chi connectivity index (χ1v) is 14.4. The predicted molar refractivity (Wildman–Crippen MR) is 113 cm³/mol. The van der Waals surface area contributed by atoms with Crippen LogP contribution in [-0.2, 0) is 36.5 Å². The molecule has 32 heavy (non-hydrogen) atoms. The lowest BCUT2D eigenvalue weighted by molar-refractivity contribution is 0.461. The van der Waals surface area contributed by atoms with E-state index in [-0.39, 0.29) is 6.16 Å². The predicted octanol–water partition coefficient (Wildman–Crippen LogP) is 1.03. The molecule has 3 rings (SSSR count). The number of rotatable bonds is 7. The first-order valence-electron chi connectivity index (χ1n) is 8.69. The van der Waals surface area contributed by atoms with Crippen LogP contribution < -0.4 is 10.6 Å². The lowest BCUT2D eigenvalue weighted by Gasteiger charge is -2.21. The van der Waals surface area contributed by atoms with Gasteiger partial charge in [0.1, 0.15) is 30.4 Å². The third kappa shape index (κ3) is 5.99. The van der Waals surface area contributed by atoms with Gasteiger partial charge in [0, 0.05) is 6.16 Å². The molecule has 0 fully saturated rings. The Hall–Kier alpha value is -2.18. The van der Waals surface area contributed by atoms with Gasteiger partial charge in [0.05, 0.1) is 14.7 Å². The van der Waals surface area contributed by atoms with E-state index in [1.807, 2.05) is 0 Å². The van der Waals surface area contributed by atoms with E-state index < -0.39 is 53.0 Å². The molecule has 0 atom stereocenters. The molecule has 13 heteroatoms. The van der Waals surface area contributed by atoms with Gasteiger partial charge in [-0.3, -0.25) is 0 Å². The molecular formula is C19H14O9PS3-3. The molecule has 0 saturated heterocycles. The van der Waals surface area contributed by atoms with Crippen LogP contribution in [0, 0.1) is 0 Å². The van der Waals surface area contributed by atoms with Gasteiger partial charge in [0.25, 0.3) is 0 Å². The Morgan fingerprint density at radius 2 is 0.969 bits per heavy atom. The van der Waals surface area contributed by atoms with Gasteiger partial charge in [-0.2, -0.15) is 0 Å². The lowest BCUT2D eigenvalue weighted by Crippen LogP contribution is -2.16. The molecule has 0 N–H and O–H groups in total. The normalized spacial score (nSPS) is 12.8. The Morgan fingerprint density at radius 3 is 1.34 bits per heavy atom. The Morgan fingerprint density at radius 1 is 0.562 bits per heavy atom. The summed E-state index contributed by atoms with van der Waals surface area (Å²) in [5, 5.41) is 0.829. The van der Waals surface area contributed by atoms with Gasteiger partial charge in [-0.1, -0.05) is 36.4 Å². The first kappa shape index (κ1) is 24.5. The molecule has 0 bridgehead atoms. The van der Waals surface area contributed by atoms with Gasteiger partial charge in [-0.05, 0) is 60.5 Å². The number of benzene rings is 3. The van der Waals surface area contributed by atoms with Gasteiger partial charge in [0.15, 0.2) is 0 Å². The zero-order chi connectivity index (χ0) is 23.7. The van der Waals surface area contributed by atoms with Gasteiger partial charge in [0.2, 0.25) is 0 Å². The van der Waals surface area contributed by atoms with Crippen LogP contribution in [0.4, 0.5) is 0 Å². The van der Waals surface area contributed by atoms with Crippen molar-refractivity contribution in [2.24, 2.45) is 0 Å². The zero-order valence-corrected chi connectivity index (χ0v) is 19.3. The Balaban J connectivity index is 2.12. The molecule has 0 saturated carbocycles. The van der Waals surface area contributed by atoms with E-state index in [1.165, 1.54) is 36.4 Å². The molecule has 0 spiro atoms. The quantitative estimate of drug-likeness (QED) is 0.330. The average molecular weight is 513 g/mol. The molecule has 170 valence electrons. The highest BCUT2D eigenvalue weighted by Gasteiger charge is 2.18. The zero-order valence-electron chi connectivity index (χ0n) is 16.0. The van der Waals surface area contributed by atoms with E-state index in [9.17, 15) is 38.9 Å². The van der Waals surface area contributed by atoms with Gasteiger partial charge < -0.3 is 13.7 Å².